The third-order valence-electron chi connectivity index (χ3n) is 3.36. The highest BCUT2D eigenvalue weighted by Crippen LogP contribution is 2.29. The van der Waals surface area contributed by atoms with Gasteiger partial charge in [-0.05, 0) is 49.5 Å². The van der Waals surface area contributed by atoms with Crippen LogP contribution < -0.4 is 5.32 Å². The molecule has 17 heavy (non-hydrogen) atoms. The van der Waals surface area contributed by atoms with Crippen molar-refractivity contribution in [3.8, 4) is 0 Å². The second kappa shape index (κ2) is 6.03. The van der Waals surface area contributed by atoms with Gasteiger partial charge in [0.2, 0.25) is 0 Å². The van der Waals surface area contributed by atoms with Gasteiger partial charge >= 0.3 is 0 Å². The fourth-order valence-electron chi connectivity index (χ4n) is 2.29. The van der Waals surface area contributed by atoms with Crippen molar-refractivity contribution in [1.29, 1.82) is 0 Å². The summed E-state index contributed by atoms with van der Waals surface area (Å²) in [6.07, 6.45) is 1.25. The van der Waals surface area contributed by atoms with Crippen LogP contribution in [-0.2, 0) is 6.42 Å². The molecule has 1 nitrogen and oxygen atoms in total. The summed E-state index contributed by atoms with van der Waals surface area (Å²) < 4.78 is 14.2. The molecule has 1 saturated heterocycles. The molecule has 4 heteroatoms. The van der Waals surface area contributed by atoms with Crippen molar-refractivity contribution in [2.45, 2.75) is 25.4 Å². The van der Waals surface area contributed by atoms with Gasteiger partial charge in [0.15, 0.2) is 0 Å². The summed E-state index contributed by atoms with van der Waals surface area (Å²) >= 11 is 12.1. The highest BCUT2D eigenvalue weighted by Gasteiger charge is 2.24. The molecule has 0 bridgehead atoms. The molecule has 1 aromatic carbocycles. The molecule has 0 radical (unpaired) electrons. The number of nitrogens with one attached hydrogen (secondary N) is 1. The van der Waals surface area contributed by atoms with E-state index in [0.29, 0.717) is 16.5 Å². The van der Waals surface area contributed by atoms with Gasteiger partial charge < -0.3 is 5.32 Å². The minimum atomic E-state index is -0.852. The standard InChI is InChI=1S/C13H16Cl2FN/c14-11-2-1-3-12(15)10(11)8-13(16)9-4-6-17-7-5-9/h1-3,9,13,17H,4-8H2. The van der Waals surface area contributed by atoms with Crippen LogP contribution in [0.1, 0.15) is 18.4 Å². The largest absolute Gasteiger partial charge is 0.317 e. The second-order valence-electron chi connectivity index (χ2n) is 4.51. The van der Waals surface area contributed by atoms with E-state index in [-0.39, 0.29) is 5.92 Å². The molecule has 1 aromatic rings. The van der Waals surface area contributed by atoms with Crippen LogP contribution >= 0.6 is 23.2 Å². The number of alkyl halides is 1. The average Bonchev–Trinajstić information content (AvgIpc) is 2.35. The monoisotopic (exact) mass is 275 g/mol. The average molecular weight is 276 g/mol. The van der Waals surface area contributed by atoms with E-state index < -0.39 is 6.17 Å². The van der Waals surface area contributed by atoms with E-state index in [4.69, 9.17) is 23.2 Å². The van der Waals surface area contributed by atoms with Crippen molar-refractivity contribution >= 4 is 23.2 Å². The Morgan fingerprint density at radius 2 is 1.82 bits per heavy atom. The first-order valence-electron chi connectivity index (χ1n) is 5.96. The van der Waals surface area contributed by atoms with Crippen LogP contribution in [0.5, 0.6) is 0 Å². The zero-order chi connectivity index (χ0) is 12.3. The van der Waals surface area contributed by atoms with Crippen molar-refractivity contribution in [1.82, 2.24) is 5.32 Å². The van der Waals surface area contributed by atoms with Gasteiger partial charge in [-0.2, -0.15) is 0 Å². The zero-order valence-corrected chi connectivity index (χ0v) is 11.1. The predicted molar refractivity (Wildman–Crippen MR) is 70.7 cm³/mol. The molecule has 1 heterocycles. The summed E-state index contributed by atoms with van der Waals surface area (Å²) in [4.78, 5) is 0. The van der Waals surface area contributed by atoms with Gasteiger partial charge in [-0.15, -0.1) is 0 Å². The molecule has 1 unspecified atom stereocenters. The number of hydrogen-bond donors (Lipinski definition) is 1. The molecular weight excluding hydrogens is 260 g/mol. The Kier molecular flexibility index (Phi) is 4.66. The SMILES string of the molecule is FC(Cc1c(Cl)cccc1Cl)C1CCNCC1. The highest BCUT2D eigenvalue weighted by molar-refractivity contribution is 6.35. The Labute approximate surface area is 111 Å². The molecule has 1 aliphatic heterocycles. The van der Waals surface area contributed by atoms with Gasteiger partial charge in [0.1, 0.15) is 6.17 Å². The van der Waals surface area contributed by atoms with Crippen LogP contribution in [0.25, 0.3) is 0 Å². The normalized spacial score (nSPS) is 19.2. The first-order valence-corrected chi connectivity index (χ1v) is 6.71. The van der Waals surface area contributed by atoms with Gasteiger partial charge in [-0.25, -0.2) is 4.39 Å². The van der Waals surface area contributed by atoms with Gasteiger partial charge in [0, 0.05) is 16.5 Å². The van der Waals surface area contributed by atoms with E-state index in [1.54, 1.807) is 18.2 Å². The Hall–Kier alpha value is -0.310. The van der Waals surface area contributed by atoms with Crippen LogP contribution in [0.15, 0.2) is 18.2 Å². The van der Waals surface area contributed by atoms with Crippen molar-refractivity contribution in [2.24, 2.45) is 5.92 Å². The molecule has 1 aliphatic rings. The molecule has 0 saturated carbocycles. The summed E-state index contributed by atoms with van der Waals surface area (Å²) in [6, 6.07) is 5.31. The number of rotatable bonds is 3. The van der Waals surface area contributed by atoms with Crippen molar-refractivity contribution < 1.29 is 4.39 Å². The Balaban J connectivity index is 2.04. The third kappa shape index (κ3) is 3.34. The minimum Gasteiger partial charge on any atom is -0.317 e. The molecule has 1 fully saturated rings. The van der Waals surface area contributed by atoms with Gasteiger partial charge in [0.25, 0.3) is 0 Å². The first kappa shape index (κ1) is 13.1. The summed E-state index contributed by atoms with van der Waals surface area (Å²) in [6.45, 7) is 1.81. The van der Waals surface area contributed by atoms with Gasteiger partial charge in [0.05, 0.1) is 0 Å². The van der Waals surface area contributed by atoms with E-state index in [1.807, 2.05) is 0 Å². The maximum Gasteiger partial charge on any atom is 0.107 e. The predicted octanol–water partition coefficient (Wildman–Crippen LogP) is 3.87. The molecule has 0 spiro atoms. The first-order chi connectivity index (χ1) is 8.18. The Bertz CT molecular complexity index is 357. The fraction of sp³-hybridized carbons (Fsp3) is 0.538. The van der Waals surface area contributed by atoms with Gasteiger partial charge in [-0.1, -0.05) is 29.3 Å². The number of benzene rings is 1. The lowest BCUT2D eigenvalue weighted by Gasteiger charge is -2.26. The van der Waals surface area contributed by atoms with E-state index in [1.165, 1.54) is 0 Å². The molecule has 0 aromatic heterocycles. The molecular formula is C13H16Cl2FN. The summed E-state index contributed by atoms with van der Waals surface area (Å²) in [5, 5.41) is 4.37. The lowest BCUT2D eigenvalue weighted by molar-refractivity contribution is 0.187. The number of hydrogen-bond acceptors (Lipinski definition) is 1. The Morgan fingerprint density at radius 3 is 2.41 bits per heavy atom. The van der Waals surface area contributed by atoms with E-state index >= 15 is 0 Å². The van der Waals surface area contributed by atoms with E-state index in [2.05, 4.69) is 5.32 Å². The van der Waals surface area contributed by atoms with E-state index in [0.717, 1.165) is 31.5 Å². The minimum absolute atomic E-state index is 0.128. The molecule has 1 N–H and O–H groups in total. The van der Waals surface area contributed by atoms with Gasteiger partial charge in [-0.3, -0.25) is 0 Å². The van der Waals surface area contributed by atoms with Crippen LogP contribution in [0.4, 0.5) is 4.39 Å². The zero-order valence-electron chi connectivity index (χ0n) is 9.56. The Morgan fingerprint density at radius 1 is 1.24 bits per heavy atom. The maximum absolute atomic E-state index is 14.2. The van der Waals surface area contributed by atoms with Crippen molar-refractivity contribution in [2.75, 3.05) is 13.1 Å². The van der Waals surface area contributed by atoms with Crippen LogP contribution in [0.3, 0.4) is 0 Å². The molecule has 0 amide bonds. The molecule has 1 atom stereocenters. The topological polar surface area (TPSA) is 12.0 Å². The highest BCUT2D eigenvalue weighted by atomic mass is 35.5. The number of piperidine rings is 1. The maximum atomic E-state index is 14.2. The lowest BCUT2D eigenvalue weighted by atomic mass is 9.89. The van der Waals surface area contributed by atoms with Crippen LogP contribution in [-0.4, -0.2) is 19.3 Å². The van der Waals surface area contributed by atoms with Crippen molar-refractivity contribution in [3.63, 3.8) is 0 Å². The smallest absolute Gasteiger partial charge is 0.107 e. The van der Waals surface area contributed by atoms with Crippen LogP contribution in [0.2, 0.25) is 10.0 Å². The lowest BCUT2D eigenvalue weighted by Crippen LogP contribution is -2.33. The molecule has 0 aliphatic carbocycles. The van der Waals surface area contributed by atoms with E-state index in [9.17, 15) is 4.39 Å². The third-order valence-corrected chi connectivity index (χ3v) is 4.06. The second-order valence-corrected chi connectivity index (χ2v) is 5.32. The summed E-state index contributed by atoms with van der Waals surface area (Å²) in [5.74, 6) is 0.128. The van der Waals surface area contributed by atoms with Crippen LogP contribution in [0, 0.1) is 5.92 Å². The molecule has 2 rings (SSSR count). The summed E-state index contributed by atoms with van der Waals surface area (Å²) in [5.41, 5.74) is 0.738. The fourth-order valence-corrected chi connectivity index (χ4v) is 2.85. The quantitative estimate of drug-likeness (QED) is 0.883. The van der Waals surface area contributed by atoms with Crippen molar-refractivity contribution in [3.05, 3.63) is 33.8 Å². The summed E-state index contributed by atoms with van der Waals surface area (Å²) in [7, 11) is 0. The number of halogens is 3. The molecule has 94 valence electrons.